The summed E-state index contributed by atoms with van der Waals surface area (Å²) in [5.41, 5.74) is 5.60. The lowest BCUT2D eigenvalue weighted by atomic mass is 9.77. The number of aromatic nitrogens is 4. The number of anilines is 1. The van der Waals surface area contributed by atoms with Gasteiger partial charge in [0.05, 0.1) is 11.3 Å². The topological polar surface area (TPSA) is 75.9 Å². The van der Waals surface area contributed by atoms with Crippen molar-refractivity contribution in [3.8, 4) is 0 Å². The first-order valence-corrected chi connectivity index (χ1v) is 13.9. The van der Waals surface area contributed by atoms with Crippen LogP contribution in [0.5, 0.6) is 0 Å². The van der Waals surface area contributed by atoms with E-state index in [4.69, 9.17) is 9.84 Å². The van der Waals surface area contributed by atoms with Crippen LogP contribution >= 0.6 is 11.8 Å². The summed E-state index contributed by atoms with van der Waals surface area (Å²) in [5.74, 6) is 2.58. The van der Waals surface area contributed by atoms with Crippen LogP contribution in [0.25, 0.3) is 5.65 Å². The van der Waals surface area contributed by atoms with Crippen molar-refractivity contribution >= 4 is 29.2 Å². The zero-order valence-corrected chi connectivity index (χ0v) is 21.3. The minimum Gasteiger partial charge on any atom is -0.457 e. The van der Waals surface area contributed by atoms with Crippen molar-refractivity contribution < 1.29 is 9.53 Å². The minimum atomic E-state index is -0.182. The lowest BCUT2D eigenvalue weighted by Gasteiger charge is -2.39. The van der Waals surface area contributed by atoms with Gasteiger partial charge in [-0.3, -0.25) is 0 Å². The number of piperidine rings is 1. The van der Waals surface area contributed by atoms with Gasteiger partial charge in [0, 0.05) is 25.2 Å². The maximum absolute atomic E-state index is 11.8. The first-order valence-electron chi connectivity index (χ1n) is 12.5. The monoisotopic (exact) mass is 492 g/mol. The maximum atomic E-state index is 11.8. The second kappa shape index (κ2) is 9.09. The zero-order chi connectivity index (χ0) is 24.0. The number of carbonyl (C=O) groups is 1. The summed E-state index contributed by atoms with van der Waals surface area (Å²) in [6.07, 6.45) is 6.81. The zero-order valence-electron chi connectivity index (χ0n) is 20.5. The number of benzene rings is 1. The number of likely N-dealkylation sites (tertiary alicyclic amines) is 1. The van der Waals surface area contributed by atoms with E-state index in [-0.39, 0.29) is 5.97 Å². The Hall–Kier alpha value is -2.65. The average molecular weight is 493 g/mol. The molecule has 5 heterocycles. The van der Waals surface area contributed by atoms with Crippen molar-refractivity contribution in [2.24, 2.45) is 5.41 Å². The van der Waals surface area contributed by atoms with Gasteiger partial charge in [0.15, 0.2) is 11.5 Å². The van der Waals surface area contributed by atoms with E-state index in [1.54, 1.807) is 11.8 Å². The third-order valence-corrected chi connectivity index (χ3v) is 8.79. The fourth-order valence-electron chi connectivity index (χ4n) is 5.95. The lowest BCUT2D eigenvalue weighted by molar-refractivity contribution is 0.0535. The second-order valence-electron chi connectivity index (χ2n) is 10.2. The highest BCUT2D eigenvalue weighted by atomic mass is 32.2. The Labute approximate surface area is 210 Å². The summed E-state index contributed by atoms with van der Waals surface area (Å²) < 4.78 is 7.12. The van der Waals surface area contributed by atoms with Crippen molar-refractivity contribution in [3.05, 3.63) is 52.3 Å². The van der Waals surface area contributed by atoms with Crippen LogP contribution in [0, 0.1) is 12.3 Å². The molecule has 1 aromatic carbocycles. The molecule has 3 aromatic rings. The van der Waals surface area contributed by atoms with Gasteiger partial charge in [0.1, 0.15) is 12.4 Å². The number of hydrogen-bond acceptors (Lipinski definition) is 8. The number of thioether (sulfide) groups is 1. The van der Waals surface area contributed by atoms with Gasteiger partial charge >= 0.3 is 5.97 Å². The summed E-state index contributed by atoms with van der Waals surface area (Å²) in [6.45, 7) is 8.06. The van der Waals surface area contributed by atoms with Crippen molar-refractivity contribution in [2.75, 3.05) is 43.9 Å². The van der Waals surface area contributed by atoms with Gasteiger partial charge in [-0.05, 0) is 86.7 Å². The summed E-state index contributed by atoms with van der Waals surface area (Å²) in [7, 11) is 0. The lowest BCUT2D eigenvalue weighted by Crippen LogP contribution is -2.42. The number of ether oxygens (including phenoxy) is 1. The van der Waals surface area contributed by atoms with Crippen molar-refractivity contribution in [2.45, 2.75) is 45.0 Å². The summed E-state index contributed by atoms with van der Waals surface area (Å²) >= 11 is 1.74. The van der Waals surface area contributed by atoms with E-state index in [1.165, 1.54) is 30.4 Å². The number of nitrogens with zero attached hydrogens (tertiary/aromatic N) is 6. The van der Waals surface area contributed by atoms with E-state index in [9.17, 15) is 4.79 Å². The van der Waals surface area contributed by atoms with Gasteiger partial charge < -0.3 is 14.5 Å². The van der Waals surface area contributed by atoms with Crippen LogP contribution in [0.4, 0.5) is 5.82 Å². The number of esters is 1. The van der Waals surface area contributed by atoms with E-state index in [0.29, 0.717) is 12.0 Å². The minimum absolute atomic E-state index is 0.182. The number of fused-ring (bicyclic) bond motifs is 2. The van der Waals surface area contributed by atoms with Crippen LogP contribution < -0.4 is 4.90 Å². The molecule has 2 saturated heterocycles. The van der Waals surface area contributed by atoms with E-state index < -0.39 is 0 Å². The first kappa shape index (κ1) is 22.8. The van der Waals surface area contributed by atoms with Gasteiger partial charge in [-0.25, -0.2) is 4.79 Å². The SMILES string of the molecule is CSCc1nnc2ccc(N3CCC4(CCN(CCc5ccc6c(c5C)COC6=O)CC4)C3)nn12. The Morgan fingerprint density at radius 1 is 1.09 bits per heavy atom. The second-order valence-corrected chi connectivity index (χ2v) is 11.1. The number of hydrogen-bond donors (Lipinski definition) is 0. The summed E-state index contributed by atoms with van der Waals surface area (Å²) in [6, 6.07) is 8.19. The molecular formula is C26H32N6O2S. The Kier molecular flexibility index (Phi) is 5.92. The normalized spacial score (nSPS) is 19.6. The van der Waals surface area contributed by atoms with Crippen molar-refractivity contribution in [1.82, 2.24) is 24.7 Å². The molecule has 9 heteroatoms. The Bertz CT molecular complexity index is 1270. The van der Waals surface area contributed by atoms with Crippen molar-refractivity contribution in [1.29, 1.82) is 0 Å². The third-order valence-electron chi connectivity index (χ3n) is 8.24. The molecule has 3 aliphatic rings. The molecule has 0 amide bonds. The molecule has 8 nitrogen and oxygen atoms in total. The van der Waals surface area contributed by atoms with Crippen LogP contribution in [0.2, 0.25) is 0 Å². The summed E-state index contributed by atoms with van der Waals surface area (Å²) in [5, 5.41) is 13.4. The molecule has 3 aliphatic heterocycles. The van der Waals surface area contributed by atoms with Crippen LogP contribution in [-0.4, -0.2) is 69.7 Å². The highest BCUT2D eigenvalue weighted by Crippen LogP contribution is 2.41. The fraction of sp³-hybridized carbons (Fsp3) is 0.538. The van der Waals surface area contributed by atoms with E-state index in [2.05, 4.69) is 45.3 Å². The number of carbonyl (C=O) groups excluding carboxylic acids is 1. The predicted molar refractivity (Wildman–Crippen MR) is 137 cm³/mol. The van der Waals surface area contributed by atoms with Gasteiger partial charge in [-0.1, -0.05) is 6.07 Å². The molecular weight excluding hydrogens is 460 g/mol. The highest BCUT2D eigenvalue weighted by molar-refractivity contribution is 7.97. The molecule has 0 bridgehead atoms. The fourth-order valence-corrected chi connectivity index (χ4v) is 6.39. The molecule has 2 aromatic heterocycles. The van der Waals surface area contributed by atoms with Crippen molar-refractivity contribution in [3.63, 3.8) is 0 Å². The molecule has 0 aliphatic carbocycles. The Morgan fingerprint density at radius 2 is 1.91 bits per heavy atom. The molecule has 184 valence electrons. The van der Waals surface area contributed by atoms with Crippen LogP contribution in [0.3, 0.4) is 0 Å². The molecule has 1 spiro atoms. The largest absolute Gasteiger partial charge is 0.457 e. The molecule has 0 N–H and O–H groups in total. The highest BCUT2D eigenvalue weighted by Gasteiger charge is 2.41. The quantitative estimate of drug-likeness (QED) is 0.484. The van der Waals surface area contributed by atoms with Gasteiger partial charge in [0.2, 0.25) is 0 Å². The van der Waals surface area contributed by atoms with Gasteiger partial charge in [0.25, 0.3) is 0 Å². The smallest absolute Gasteiger partial charge is 0.338 e. The molecule has 35 heavy (non-hydrogen) atoms. The average Bonchev–Trinajstić information content (AvgIpc) is 3.58. The van der Waals surface area contributed by atoms with E-state index in [1.807, 2.05) is 16.6 Å². The molecule has 0 saturated carbocycles. The molecule has 0 atom stereocenters. The van der Waals surface area contributed by atoms with Crippen LogP contribution in [0.1, 0.15) is 52.1 Å². The maximum Gasteiger partial charge on any atom is 0.338 e. The molecule has 0 radical (unpaired) electrons. The number of rotatable bonds is 6. The first-order chi connectivity index (χ1) is 17.0. The Balaban J connectivity index is 1.06. The van der Waals surface area contributed by atoms with E-state index in [0.717, 1.165) is 73.3 Å². The van der Waals surface area contributed by atoms with E-state index >= 15 is 0 Å². The van der Waals surface area contributed by atoms with Crippen LogP contribution in [-0.2, 0) is 23.5 Å². The Morgan fingerprint density at radius 3 is 2.74 bits per heavy atom. The summed E-state index contributed by atoms with van der Waals surface area (Å²) in [4.78, 5) is 16.9. The van der Waals surface area contributed by atoms with Gasteiger partial charge in [-0.2, -0.15) is 16.3 Å². The third kappa shape index (κ3) is 4.18. The molecule has 6 rings (SSSR count). The van der Waals surface area contributed by atoms with Crippen LogP contribution in [0.15, 0.2) is 24.3 Å². The standard InChI is InChI=1S/C26H32N6O2S/c1-18-19(3-4-20-21(18)15-34-25(20)33)7-11-30-12-8-26(9-13-30)10-14-31(17-26)23-6-5-22-27-28-24(16-35-2)32(22)29-23/h3-6H,7-17H2,1-2H3. The van der Waals surface area contributed by atoms with Gasteiger partial charge in [-0.15, -0.1) is 15.3 Å². The molecule has 0 unspecified atom stereocenters. The predicted octanol–water partition coefficient (Wildman–Crippen LogP) is 3.50. The molecule has 2 fully saturated rings. The number of cyclic esters (lactones) is 1.